The molecule has 3 N–H and O–H groups in total. The Morgan fingerprint density at radius 3 is 2.77 bits per heavy atom. The number of aromatic amines is 1. The van der Waals surface area contributed by atoms with E-state index in [0.717, 1.165) is 23.6 Å². The van der Waals surface area contributed by atoms with Gasteiger partial charge in [-0.2, -0.15) is 0 Å². The van der Waals surface area contributed by atoms with Gasteiger partial charge in [0.25, 0.3) is 6.47 Å². The van der Waals surface area contributed by atoms with Gasteiger partial charge in [-0.15, -0.1) is 0 Å². The summed E-state index contributed by atoms with van der Waals surface area (Å²) < 4.78 is 5.77. The predicted molar refractivity (Wildman–Crippen MR) is 98.2 cm³/mol. The maximum Gasteiger partial charge on any atom is 0.317 e. The molecule has 26 heavy (non-hydrogen) atoms. The minimum absolute atomic E-state index is 0.118. The molecule has 1 aromatic heterocycles. The number of rotatable bonds is 7. The molecule has 2 amide bonds. The minimum atomic E-state index is -0.250. The van der Waals surface area contributed by atoms with Crippen molar-refractivity contribution in [2.45, 2.75) is 26.8 Å². The second-order valence-corrected chi connectivity index (χ2v) is 5.69. The molecule has 0 saturated heterocycles. The van der Waals surface area contributed by atoms with Gasteiger partial charge in [-0.3, -0.25) is 4.79 Å². The van der Waals surface area contributed by atoms with E-state index >= 15 is 0 Å². The lowest BCUT2D eigenvalue weighted by Gasteiger charge is -2.18. The number of nitrogens with zero attached hydrogens (tertiary/aromatic N) is 2. The molecule has 8 heteroatoms. The van der Waals surface area contributed by atoms with E-state index in [1.807, 2.05) is 19.1 Å². The maximum atomic E-state index is 11.9. The highest BCUT2D eigenvalue weighted by Crippen LogP contribution is 2.18. The zero-order valence-electron chi connectivity index (χ0n) is 15.4. The van der Waals surface area contributed by atoms with Crippen LogP contribution < -0.4 is 10.1 Å². The maximum absolute atomic E-state index is 11.9. The smallest absolute Gasteiger partial charge is 0.317 e. The molecule has 0 saturated carbocycles. The Morgan fingerprint density at radius 1 is 1.42 bits per heavy atom. The Bertz CT molecular complexity index is 674. The van der Waals surface area contributed by atoms with Crippen LogP contribution in [0.15, 0.2) is 30.6 Å². The van der Waals surface area contributed by atoms with Crippen LogP contribution in [-0.4, -0.2) is 52.7 Å². The van der Waals surface area contributed by atoms with Crippen molar-refractivity contribution in [2.75, 3.05) is 20.2 Å². The summed E-state index contributed by atoms with van der Waals surface area (Å²) in [4.78, 5) is 28.9. The summed E-state index contributed by atoms with van der Waals surface area (Å²) in [5.41, 5.74) is 2.36. The number of imidazole rings is 1. The predicted octanol–water partition coefficient (Wildman–Crippen LogP) is 2.34. The Morgan fingerprint density at radius 2 is 2.15 bits per heavy atom. The molecule has 1 heterocycles. The normalized spacial score (nSPS) is 9.65. The average molecular weight is 362 g/mol. The Balaban J connectivity index is 0.00000105. The first-order chi connectivity index (χ1) is 12.5. The van der Waals surface area contributed by atoms with Gasteiger partial charge in [0, 0.05) is 26.0 Å². The summed E-state index contributed by atoms with van der Waals surface area (Å²) in [5.74, 6) is 1.64. The lowest BCUT2D eigenvalue weighted by molar-refractivity contribution is -0.122. The molecule has 0 aliphatic heterocycles. The number of carboxylic acid groups (broad SMARTS) is 1. The van der Waals surface area contributed by atoms with E-state index in [9.17, 15) is 4.79 Å². The van der Waals surface area contributed by atoms with E-state index < -0.39 is 0 Å². The standard InChI is InChI=1S/C17H24N4O2.CH2O2/c1-13-5-6-15(14(2)11-13)23-10-4-9-21(3)17(22)20-12-16-18-7-8-19-16;2-1-3/h5-8,11H,4,9-10,12H2,1-3H3,(H,18,19)(H,20,22);1H,(H,2,3). The third-order valence-electron chi connectivity index (χ3n) is 3.53. The number of carbonyl (C=O) groups is 2. The van der Waals surface area contributed by atoms with E-state index in [2.05, 4.69) is 28.3 Å². The highest BCUT2D eigenvalue weighted by molar-refractivity contribution is 5.73. The molecule has 0 radical (unpaired) electrons. The molecule has 0 aliphatic carbocycles. The first kappa shape index (κ1) is 21.0. The van der Waals surface area contributed by atoms with Crippen LogP contribution in [0.5, 0.6) is 5.75 Å². The molecule has 2 rings (SSSR count). The molecule has 8 nitrogen and oxygen atoms in total. The van der Waals surface area contributed by atoms with Crippen LogP contribution in [0.4, 0.5) is 4.79 Å². The van der Waals surface area contributed by atoms with Crippen LogP contribution in [0.2, 0.25) is 0 Å². The number of carbonyl (C=O) groups excluding carboxylic acids is 1. The van der Waals surface area contributed by atoms with Crippen molar-refractivity contribution < 1.29 is 19.4 Å². The summed E-state index contributed by atoms with van der Waals surface area (Å²) in [6.45, 7) is 5.47. The van der Waals surface area contributed by atoms with Crippen LogP contribution in [0.1, 0.15) is 23.4 Å². The van der Waals surface area contributed by atoms with Gasteiger partial charge in [0.2, 0.25) is 0 Å². The quantitative estimate of drug-likeness (QED) is 0.518. The minimum Gasteiger partial charge on any atom is -0.493 e. The summed E-state index contributed by atoms with van der Waals surface area (Å²) in [5, 5.41) is 9.70. The molecule has 2 aromatic rings. The van der Waals surface area contributed by atoms with E-state index in [1.165, 1.54) is 5.56 Å². The van der Waals surface area contributed by atoms with Crippen LogP contribution in [0.3, 0.4) is 0 Å². The SMILES string of the molecule is Cc1ccc(OCCCN(C)C(=O)NCc2ncc[nH]2)c(C)c1.O=CO. The monoisotopic (exact) mass is 362 g/mol. The third-order valence-corrected chi connectivity index (χ3v) is 3.53. The van der Waals surface area contributed by atoms with Gasteiger partial charge in [-0.1, -0.05) is 17.7 Å². The molecule has 0 unspecified atom stereocenters. The molecule has 1 aromatic carbocycles. The van der Waals surface area contributed by atoms with E-state index in [-0.39, 0.29) is 12.5 Å². The average Bonchev–Trinajstić information content (AvgIpc) is 3.12. The number of aromatic nitrogens is 2. The van der Waals surface area contributed by atoms with Crippen LogP contribution in [0, 0.1) is 13.8 Å². The zero-order valence-corrected chi connectivity index (χ0v) is 15.4. The van der Waals surface area contributed by atoms with Gasteiger partial charge < -0.3 is 25.0 Å². The van der Waals surface area contributed by atoms with Crippen molar-refractivity contribution in [3.8, 4) is 5.75 Å². The fourth-order valence-corrected chi connectivity index (χ4v) is 2.24. The molecule has 142 valence electrons. The first-order valence-corrected chi connectivity index (χ1v) is 8.23. The van der Waals surface area contributed by atoms with Gasteiger partial charge in [0.1, 0.15) is 11.6 Å². The number of benzene rings is 1. The lowest BCUT2D eigenvalue weighted by atomic mass is 10.1. The van der Waals surface area contributed by atoms with Crippen molar-refractivity contribution in [2.24, 2.45) is 0 Å². The largest absolute Gasteiger partial charge is 0.493 e. The Labute approximate surface area is 153 Å². The number of ether oxygens (including phenoxy) is 1. The summed E-state index contributed by atoms with van der Waals surface area (Å²) in [6, 6.07) is 6.01. The van der Waals surface area contributed by atoms with Crippen molar-refractivity contribution in [1.82, 2.24) is 20.2 Å². The van der Waals surface area contributed by atoms with Gasteiger partial charge in [-0.25, -0.2) is 9.78 Å². The fraction of sp³-hybridized carbons (Fsp3) is 0.389. The Kier molecular flexibility index (Phi) is 9.30. The molecule has 0 fully saturated rings. The zero-order chi connectivity index (χ0) is 19.4. The van der Waals surface area contributed by atoms with Crippen molar-refractivity contribution in [3.63, 3.8) is 0 Å². The highest BCUT2D eigenvalue weighted by Gasteiger charge is 2.08. The Hall–Kier alpha value is -3.03. The van der Waals surface area contributed by atoms with Gasteiger partial charge in [0.05, 0.1) is 13.2 Å². The van der Waals surface area contributed by atoms with Crippen LogP contribution in [0.25, 0.3) is 0 Å². The van der Waals surface area contributed by atoms with E-state index in [4.69, 9.17) is 14.6 Å². The number of H-pyrrole nitrogens is 1. The number of nitrogens with one attached hydrogen (secondary N) is 2. The van der Waals surface area contributed by atoms with Crippen LogP contribution in [-0.2, 0) is 11.3 Å². The molecule has 0 spiro atoms. The molecular formula is C18H26N4O4. The number of hydrogen-bond donors (Lipinski definition) is 3. The van der Waals surface area contributed by atoms with E-state index in [1.54, 1.807) is 24.3 Å². The van der Waals surface area contributed by atoms with Gasteiger partial charge in [0.15, 0.2) is 0 Å². The van der Waals surface area contributed by atoms with Crippen molar-refractivity contribution in [3.05, 3.63) is 47.5 Å². The van der Waals surface area contributed by atoms with Gasteiger partial charge in [-0.05, 0) is 31.9 Å². The lowest BCUT2D eigenvalue weighted by Crippen LogP contribution is -2.38. The topological polar surface area (TPSA) is 108 Å². The van der Waals surface area contributed by atoms with Crippen molar-refractivity contribution >= 4 is 12.5 Å². The molecule has 0 bridgehead atoms. The molecular weight excluding hydrogens is 336 g/mol. The number of hydrogen-bond acceptors (Lipinski definition) is 4. The highest BCUT2D eigenvalue weighted by atomic mass is 16.5. The van der Waals surface area contributed by atoms with Crippen molar-refractivity contribution in [1.29, 1.82) is 0 Å². The third kappa shape index (κ3) is 7.69. The van der Waals surface area contributed by atoms with E-state index in [0.29, 0.717) is 19.7 Å². The number of amides is 2. The number of urea groups is 1. The number of aryl methyl sites for hydroxylation is 2. The molecule has 0 aliphatic rings. The fourth-order valence-electron chi connectivity index (χ4n) is 2.24. The van der Waals surface area contributed by atoms with Crippen LogP contribution >= 0.6 is 0 Å². The second-order valence-electron chi connectivity index (χ2n) is 5.69. The second kappa shape index (κ2) is 11.5. The summed E-state index contributed by atoms with van der Waals surface area (Å²) in [7, 11) is 1.77. The summed E-state index contributed by atoms with van der Waals surface area (Å²) >= 11 is 0. The molecule has 0 atom stereocenters. The first-order valence-electron chi connectivity index (χ1n) is 8.23. The summed E-state index contributed by atoms with van der Waals surface area (Å²) in [6.07, 6.45) is 4.17. The van der Waals surface area contributed by atoms with Gasteiger partial charge >= 0.3 is 6.03 Å².